The van der Waals surface area contributed by atoms with Crippen molar-refractivity contribution in [1.29, 1.82) is 0 Å². The first-order chi connectivity index (χ1) is 16.3. The maximum absolute atomic E-state index is 13.5. The molecule has 10 nitrogen and oxygen atoms in total. The summed E-state index contributed by atoms with van der Waals surface area (Å²) < 4.78 is 5.32. The molecule has 3 heterocycles. The molecule has 34 heavy (non-hydrogen) atoms. The number of aromatic amines is 1. The zero-order valence-electron chi connectivity index (χ0n) is 20.0. The highest BCUT2D eigenvalue weighted by Crippen LogP contribution is 2.36. The van der Waals surface area contributed by atoms with Crippen LogP contribution in [0.3, 0.4) is 0 Å². The summed E-state index contributed by atoms with van der Waals surface area (Å²) in [6, 6.07) is 6.89. The fourth-order valence-corrected chi connectivity index (χ4v) is 4.40. The number of nitrogens with one attached hydrogen (secondary N) is 3. The number of piperidine rings is 1. The van der Waals surface area contributed by atoms with Gasteiger partial charge in [-0.05, 0) is 44.5 Å². The van der Waals surface area contributed by atoms with Crippen molar-refractivity contribution in [1.82, 2.24) is 25.2 Å². The van der Waals surface area contributed by atoms with E-state index in [9.17, 15) is 9.59 Å². The van der Waals surface area contributed by atoms with Crippen molar-refractivity contribution in [2.45, 2.75) is 19.8 Å². The van der Waals surface area contributed by atoms with Crippen molar-refractivity contribution in [2.24, 2.45) is 5.41 Å². The third-order valence-corrected chi connectivity index (χ3v) is 6.33. The van der Waals surface area contributed by atoms with Crippen LogP contribution in [0.1, 0.15) is 18.4 Å². The van der Waals surface area contributed by atoms with Gasteiger partial charge >= 0.3 is 6.09 Å². The van der Waals surface area contributed by atoms with Gasteiger partial charge in [-0.25, -0.2) is 14.8 Å². The zero-order valence-corrected chi connectivity index (χ0v) is 20.0. The SMILES string of the molecule is CNCC1(C(=O)Nc2cccc(OC(=O)N(C)C)c2)CCN(c2ncnc3[nH]cc(C)c23)CC1. The van der Waals surface area contributed by atoms with Crippen LogP contribution in [0.5, 0.6) is 5.75 Å². The average Bonchev–Trinajstić information content (AvgIpc) is 3.21. The number of fused-ring (bicyclic) bond motifs is 1. The van der Waals surface area contributed by atoms with Gasteiger partial charge in [-0.15, -0.1) is 0 Å². The highest BCUT2D eigenvalue weighted by atomic mass is 16.6. The van der Waals surface area contributed by atoms with Gasteiger partial charge in [-0.3, -0.25) is 4.79 Å². The van der Waals surface area contributed by atoms with Crippen molar-refractivity contribution >= 4 is 34.5 Å². The van der Waals surface area contributed by atoms with Crippen molar-refractivity contribution in [3.05, 3.63) is 42.4 Å². The van der Waals surface area contributed by atoms with E-state index in [1.54, 1.807) is 44.7 Å². The molecular formula is C24H31N7O3. The van der Waals surface area contributed by atoms with Crippen LogP contribution in [0, 0.1) is 12.3 Å². The van der Waals surface area contributed by atoms with Gasteiger partial charge in [0.1, 0.15) is 23.5 Å². The topological polar surface area (TPSA) is 115 Å². The third-order valence-electron chi connectivity index (χ3n) is 6.33. The predicted octanol–water partition coefficient (Wildman–Crippen LogP) is 2.77. The van der Waals surface area contributed by atoms with E-state index in [2.05, 4.69) is 30.5 Å². The van der Waals surface area contributed by atoms with Gasteiger partial charge in [0, 0.05) is 51.7 Å². The lowest BCUT2D eigenvalue weighted by Crippen LogP contribution is -2.51. The molecular weight excluding hydrogens is 434 g/mol. The molecule has 0 radical (unpaired) electrons. The third kappa shape index (κ3) is 4.67. The number of ether oxygens (including phenoxy) is 1. The molecule has 2 amide bonds. The van der Waals surface area contributed by atoms with Crippen LogP contribution < -0.4 is 20.3 Å². The van der Waals surface area contributed by atoms with Crippen LogP contribution in [-0.4, -0.2) is 72.6 Å². The maximum atomic E-state index is 13.5. The Labute approximate surface area is 198 Å². The van der Waals surface area contributed by atoms with Gasteiger partial charge in [0.15, 0.2) is 0 Å². The number of rotatable bonds is 6. The summed E-state index contributed by atoms with van der Waals surface area (Å²) in [7, 11) is 5.09. The second-order valence-electron chi connectivity index (χ2n) is 8.93. The molecule has 0 saturated carbocycles. The quantitative estimate of drug-likeness (QED) is 0.513. The van der Waals surface area contributed by atoms with Gasteiger partial charge in [0.2, 0.25) is 5.91 Å². The minimum absolute atomic E-state index is 0.0526. The number of nitrogens with zero attached hydrogens (tertiary/aromatic N) is 4. The van der Waals surface area contributed by atoms with E-state index in [0.29, 0.717) is 43.9 Å². The second kappa shape index (κ2) is 9.68. The van der Waals surface area contributed by atoms with Crippen LogP contribution in [0.2, 0.25) is 0 Å². The molecule has 1 aliphatic rings. The van der Waals surface area contributed by atoms with Gasteiger partial charge in [0.25, 0.3) is 0 Å². The molecule has 0 unspecified atom stereocenters. The summed E-state index contributed by atoms with van der Waals surface area (Å²) in [6.45, 7) is 4.00. The molecule has 0 aliphatic carbocycles. The molecule has 1 aromatic carbocycles. The summed E-state index contributed by atoms with van der Waals surface area (Å²) >= 11 is 0. The van der Waals surface area contributed by atoms with Crippen LogP contribution in [-0.2, 0) is 4.79 Å². The van der Waals surface area contributed by atoms with Crippen LogP contribution >= 0.6 is 0 Å². The minimum atomic E-state index is -0.569. The largest absolute Gasteiger partial charge is 0.414 e. The Kier molecular flexibility index (Phi) is 6.69. The normalized spacial score (nSPS) is 15.2. The molecule has 10 heteroatoms. The summed E-state index contributed by atoms with van der Waals surface area (Å²) in [4.78, 5) is 41.0. The number of benzene rings is 1. The van der Waals surface area contributed by atoms with Crippen molar-refractivity contribution in [2.75, 3.05) is 51.0 Å². The van der Waals surface area contributed by atoms with E-state index >= 15 is 0 Å². The maximum Gasteiger partial charge on any atom is 0.414 e. The lowest BCUT2D eigenvalue weighted by molar-refractivity contribution is -0.126. The Morgan fingerprint density at radius 2 is 2.00 bits per heavy atom. The van der Waals surface area contributed by atoms with Crippen molar-refractivity contribution in [3.63, 3.8) is 0 Å². The number of aromatic nitrogens is 3. The number of amides is 2. The Hall–Kier alpha value is -3.66. The van der Waals surface area contributed by atoms with Gasteiger partial charge in [-0.2, -0.15) is 0 Å². The molecule has 0 bridgehead atoms. The van der Waals surface area contributed by atoms with E-state index in [1.165, 1.54) is 4.90 Å². The molecule has 4 rings (SSSR count). The van der Waals surface area contributed by atoms with E-state index in [1.807, 2.05) is 20.2 Å². The second-order valence-corrected chi connectivity index (χ2v) is 8.93. The van der Waals surface area contributed by atoms with Gasteiger partial charge < -0.3 is 30.2 Å². The Balaban J connectivity index is 1.48. The number of carbonyl (C=O) groups is 2. The number of hydrogen-bond acceptors (Lipinski definition) is 7. The fourth-order valence-electron chi connectivity index (χ4n) is 4.40. The molecule has 1 aliphatic heterocycles. The minimum Gasteiger partial charge on any atom is -0.410 e. The molecule has 3 N–H and O–H groups in total. The highest BCUT2D eigenvalue weighted by Gasteiger charge is 2.41. The Morgan fingerprint density at radius 3 is 2.71 bits per heavy atom. The summed E-state index contributed by atoms with van der Waals surface area (Å²) in [5.74, 6) is 1.23. The van der Waals surface area contributed by atoms with Crippen molar-refractivity contribution < 1.29 is 14.3 Å². The van der Waals surface area contributed by atoms with E-state index in [4.69, 9.17) is 4.74 Å². The molecule has 0 atom stereocenters. The Bertz CT molecular complexity index is 1180. The lowest BCUT2D eigenvalue weighted by atomic mass is 9.77. The van der Waals surface area contributed by atoms with E-state index in [0.717, 1.165) is 22.4 Å². The summed E-state index contributed by atoms with van der Waals surface area (Å²) in [5, 5.41) is 7.26. The highest BCUT2D eigenvalue weighted by molar-refractivity contribution is 5.96. The number of aryl methyl sites for hydroxylation is 1. The molecule has 180 valence electrons. The van der Waals surface area contributed by atoms with E-state index in [-0.39, 0.29) is 5.91 Å². The molecule has 3 aromatic rings. The predicted molar refractivity (Wildman–Crippen MR) is 131 cm³/mol. The monoisotopic (exact) mass is 465 g/mol. The number of carbonyl (C=O) groups excluding carboxylic acids is 2. The van der Waals surface area contributed by atoms with Gasteiger partial charge in [0.05, 0.1) is 10.8 Å². The van der Waals surface area contributed by atoms with Crippen LogP contribution in [0.25, 0.3) is 11.0 Å². The smallest absolute Gasteiger partial charge is 0.410 e. The number of anilines is 2. The van der Waals surface area contributed by atoms with Crippen LogP contribution in [0.4, 0.5) is 16.3 Å². The van der Waals surface area contributed by atoms with E-state index < -0.39 is 11.5 Å². The summed E-state index contributed by atoms with van der Waals surface area (Å²) in [6.07, 6.45) is 4.38. The van der Waals surface area contributed by atoms with Gasteiger partial charge in [-0.1, -0.05) is 6.07 Å². The average molecular weight is 466 g/mol. The fraction of sp³-hybridized carbons (Fsp3) is 0.417. The lowest BCUT2D eigenvalue weighted by Gasteiger charge is -2.41. The number of hydrogen-bond donors (Lipinski definition) is 3. The first kappa shape index (κ1) is 23.5. The van der Waals surface area contributed by atoms with Crippen molar-refractivity contribution in [3.8, 4) is 5.75 Å². The molecule has 2 aromatic heterocycles. The molecule has 1 fully saturated rings. The first-order valence-corrected chi connectivity index (χ1v) is 11.3. The van der Waals surface area contributed by atoms with Crippen LogP contribution in [0.15, 0.2) is 36.8 Å². The zero-order chi connectivity index (χ0) is 24.3. The molecule has 0 spiro atoms. The first-order valence-electron chi connectivity index (χ1n) is 11.3. The Morgan fingerprint density at radius 1 is 1.24 bits per heavy atom. The number of H-pyrrole nitrogens is 1. The summed E-state index contributed by atoms with van der Waals surface area (Å²) in [5.41, 5.74) is 1.95. The molecule has 1 saturated heterocycles. The standard InChI is InChI=1S/C24H31N7O3/c1-16-13-26-20-19(16)21(28-15-27-20)31-10-8-24(9-11-31,14-25-2)22(32)29-17-6-5-7-18(12-17)34-23(33)30(3)4/h5-7,12-13,15,25H,8-11,14H2,1-4H3,(H,29,32)(H,26,27,28).